The topological polar surface area (TPSA) is 38.7 Å². The molecule has 0 aliphatic carbocycles. The van der Waals surface area contributed by atoms with Gasteiger partial charge in [0.05, 0.1) is 0 Å². The van der Waals surface area contributed by atoms with E-state index in [1.54, 1.807) is 0 Å². The van der Waals surface area contributed by atoms with Crippen molar-refractivity contribution in [2.24, 2.45) is 0 Å². The van der Waals surface area contributed by atoms with E-state index in [4.69, 9.17) is 10.2 Å². The molecule has 11 rings (SSSR count). The Morgan fingerprint density at radius 2 is 0.721 bits per heavy atom. The molecular weight excluding hydrogens is 759 g/mol. The van der Waals surface area contributed by atoms with E-state index in [9.17, 15) is 0 Å². The zero-order valence-corrected chi connectivity index (χ0v) is 33.9. The van der Waals surface area contributed by atoms with Gasteiger partial charge in [-0.1, -0.05) is 206 Å². The van der Waals surface area contributed by atoms with Gasteiger partial charge in [-0.3, -0.25) is 0 Å². The van der Waals surface area contributed by atoms with E-state index in [2.05, 4.69) is 224 Å². The largest absolute Gasteiger partial charge is 0.135 e. The highest BCUT2D eigenvalue weighted by molar-refractivity contribution is 7.26. The molecule has 0 amide bonds. The molecule has 0 aliphatic heterocycles. The Morgan fingerprint density at radius 3 is 1.30 bits per heavy atom. The van der Waals surface area contributed by atoms with Crippen molar-refractivity contribution in [3.8, 4) is 89.3 Å². The Labute approximate surface area is 358 Å². The number of hydrogen-bond acceptors (Lipinski definition) is 4. The summed E-state index contributed by atoms with van der Waals surface area (Å²) in [6.07, 6.45) is 0. The lowest BCUT2D eigenvalue weighted by molar-refractivity contribution is 0.879. The van der Waals surface area contributed by atoms with Gasteiger partial charge < -0.3 is 0 Å². The van der Waals surface area contributed by atoms with Crippen molar-refractivity contribution in [3.05, 3.63) is 224 Å². The monoisotopic (exact) mass is 795 g/mol. The second kappa shape index (κ2) is 15.8. The first-order valence-electron chi connectivity index (χ1n) is 20.5. The molecule has 2 aromatic heterocycles. The van der Waals surface area contributed by atoms with Gasteiger partial charge in [0.15, 0.2) is 0 Å². The predicted molar refractivity (Wildman–Crippen MR) is 256 cm³/mol. The molecule has 4 heteroatoms. The van der Waals surface area contributed by atoms with Gasteiger partial charge in [-0.15, -0.1) is 21.5 Å². The molecule has 11 aromatic rings. The van der Waals surface area contributed by atoms with Crippen molar-refractivity contribution >= 4 is 31.5 Å². The Hall–Kier alpha value is -7.79. The third-order valence-electron chi connectivity index (χ3n) is 11.5. The van der Waals surface area contributed by atoms with Crippen LogP contribution in [0.5, 0.6) is 0 Å². The van der Waals surface area contributed by atoms with Gasteiger partial charge in [-0.05, 0) is 73.5 Å². The van der Waals surface area contributed by atoms with Crippen LogP contribution in [-0.2, 0) is 0 Å². The van der Waals surface area contributed by atoms with Crippen LogP contribution in [0, 0.1) is 0 Å². The van der Waals surface area contributed by atoms with Gasteiger partial charge in [-0.25, -0.2) is 0 Å². The van der Waals surface area contributed by atoms with Gasteiger partial charge in [0.2, 0.25) is 0 Å². The van der Waals surface area contributed by atoms with Crippen LogP contribution in [0.25, 0.3) is 109 Å². The van der Waals surface area contributed by atoms with Crippen LogP contribution < -0.4 is 0 Å². The highest BCUT2D eigenvalue weighted by Crippen LogP contribution is 2.56. The molecule has 0 saturated carbocycles. The van der Waals surface area contributed by atoms with Crippen LogP contribution >= 0.6 is 11.3 Å². The van der Waals surface area contributed by atoms with Crippen molar-refractivity contribution in [2.75, 3.05) is 0 Å². The maximum Gasteiger partial charge on any atom is 0.106 e. The van der Waals surface area contributed by atoms with Crippen LogP contribution in [0.1, 0.15) is 0 Å². The van der Waals surface area contributed by atoms with Gasteiger partial charge in [0, 0.05) is 48.0 Å². The fourth-order valence-electron chi connectivity index (χ4n) is 8.88. The number of aromatic nitrogens is 3. The summed E-state index contributed by atoms with van der Waals surface area (Å²) in [7, 11) is 0. The van der Waals surface area contributed by atoms with E-state index in [1.165, 1.54) is 20.2 Å². The van der Waals surface area contributed by atoms with Crippen LogP contribution in [0.4, 0.5) is 0 Å². The molecule has 0 aliphatic rings. The number of hydrogen-bond donors (Lipinski definition) is 0. The summed E-state index contributed by atoms with van der Waals surface area (Å²) in [4.78, 5) is 0. The highest BCUT2D eigenvalue weighted by Gasteiger charge is 2.31. The summed E-state index contributed by atoms with van der Waals surface area (Å²) in [5.41, 5.74) is 16.6. The lowest BCUT2D eigenvalue weighted by Crippen LogP contribution is -2.05. The lowest BCUT2D eigenvalue weighted by Gasteiger charge is -2.27. The minimum atomic E-state index is 0.763. The maximum absolute atomic E-state index is 5.23. The molecule has 3 nitrogen and oxygen atoms in total. The summed E-state index contributed by atoms with van der Waals surface area (Å²) in [6, 6.07) is 80.1. The van der Waals surface area contributed by atoms with Crippen molar-refractivity contribution in [1.29, 1.82) is 0 Å². The lowest BCUT2D eigenvalue weighted by atomic mass is 9.76. The first-order chi connectivity index (χ1) is 30.3. The van der Waals surface area contributed by atoms with Crippen LogP contribution in [0.2, 0.25) is 0 Å². The number of rotatable bonds is 8. The zero-order chi connectivity index (χ0) is 40.5. The van der Waals surface area contributed by atoms with E-state index < -0.39 is 0 Å². The molecule has 0 saturated heterocycles. The minimum Gasteiger partial charge on any atom is -0.135 e. The predicted octanol–water partition coefficient (Wildman–Crippen LogP) is 15.6. The average molecular weight is 796 g/mol. The molecule has 9 aromatic carbocycles. The molecule has 0 radical (unpaired) electrons. The SMILES string of the molecule is c1ccc(-c2cc(-c3ccccc3)c(-c3c(-c4ccccc4)ccc4sc5ccccc5c34)c(-c3nnnc(-c4ccccc4)c3-c3ccccc3)c2-c2ccccc2)cc1. The molecule has 61 heavy (non-hydrogen) atoms. The van der Waals surface area contributed by atoms with Crippen LogP contribution in [-0.4, -0.2) is 15.4 Å². The van der Waals surface area contributed by atoms with Crippen molar-refractivity contribution < 1.29 is 0 Å². The number of fused-ring (bicyclic) bond motifs is 3. The molecule has 0 N–H and O–H groups in total. The number of thiophene rings is 1. The Bertz CT molecular complexity index is 3310. The smallest absolute Gasteiger partial charge is 0.106 e. The summed E-state index contributed by atoms with van der Waals surface area (Å²) in [6.45, 7) is 0. The number of benzene rings is 9. The minimum absolute atomic E-state index is 0.763. The second-order valence-electron chi connectivity index (χ2n) is 15.1. The Kier molecular flexibility index (Phi) is 9.38. The molecule has 286 valence electrons. The summed E-state index contributed by atoms with van der Waals surface area (Å²) < 4.78 is 2.47. The van der Waals surface area contributed by atoms with Crippen molar-refractivity contribution in [3.63, 3.8) is 0 Å². The molecule has 0 spiro atoms. The van der Waals surface area contributed by atoms with Gasteiger partial charge in [0.1, 0.15) is 11.4 Å². The van der Waals surface area contributed by atoms with Gasteiger partial charge in [0.25, 0.3) is 0 Å². The molecule has 0 bridgehead atoms. The van der Waals surface area contributed by atoms with E-state index in [0.29, 0.717) is 0 Å². The fourth-order valence-corrected chi connectivity index (χ4v) is 10.00. The quantitative estimate of drug-likeness (QED) is 0.154. The first-order valence-corrected chi connectivity index (χ1v) is 21.4. The number of nitrogens with zero attached hydrogens (tertiary/aromatic N) is 3. The van der Waals surface area contributed by atoms with Crippen molar-refractivity contribution in [1.82, 2.24) is 15.4 Å². The Balaban J connectivity index is 1.44. The molecular formula is C57H37N3S. The van der Waals surface area contributed by atoms with E-state index in [-0.39, 0.29) is 0 Å². The molecule has 0 atom stereocenters. The maximum atomic E-state index is 5.23. The molecule has 2 heterocycles. The Morgan fingerprint density at radius 1 is 0.279 bits per heavy atom. The van der Waals surface area contributed by atoms with Crippen LogP contribution in [0.3, 0.4) is 0 Å². The first kappa shape index (κ1) is 36.3. The fraction of sp³-hybridized carbons (Fsp3) is 0. The standard InChI is InChI=1S/C57H37N3S/c1-7-21-38(22-8-1)44-35-36-49-52(45-33-19-20-34-48(45)61-49)53(44)54-47(40-25-11-3-12-26-40)37-46(39-23-9-2-10-24-39)50(41-27-13-4-14-28-41)55(54)57-51(42-29-15-5-16-30-42)56(58-60-59-57)43-31-17-6-18-32-43/h1-37H. The third kappa shape index (κ3) is 6.51. The van der Waals surface area contributed by atoms with Gasteiger partial charge in [-0.2, -0.15) is 0 Å². The molecule has 0 fully saturated rings. The summed E-state index contributed by atoms with van der Waals surface area (Å²) in [5.74, 6) is 0. The van der Waals surface area contributed by atoms with Crippen molar-refractivity contribution in [2.45, 2.75) is 0 Å². The van der Waals surface area contributed by atoms with E-state index >= 15 is 0 Å². The van der Waals surface area contributed by atoms with Crippen LogP contribution in [0.15, 0.2) is 224 Å². The summed E-state index contributed by atoms with van der Waals surface area (Å²) in [5, 5.41) is 17.2. The van der Waals surface area contributed by atoms with E-state index in [1.807, 2.05) is 17.4 Å². The normalized spacial score (nSPS) is 11.3. The second-order valence-corrected chi connectivity index (χ2v) is 16.2. The van der Waals surface area contributed by atoms with E-state index in [0.717, 1.165) is 89.3 Å². The summed E-state index contributed by atoms with van der Waals surface area (Å²) >= 11 is 1.84. The third-order valence-corrected chi connectivity index (χ3v) is 12.7. The van der Waals surface area contributed by atoms with Gasteiger partial charge >= 0.3 is 0 Å². The average Bonchev–Trinajstić information content (AvgIpc) is 3.73. The highest BCUT2D eigenvalue weighted by atomic mass is 32.1. The zero-order valence-electron chi connectivity index (χ0n) is 33.1. The molecule has 0 unspecified atom stereocenters.